The Morgan fingerprint density at radius 2 is 1.89 bits per heavy atom. The van der Waals surface area contributed by atoms with Gasteiger partial charge in [0.25, 0.3) is 0 Å². The Bertz CT molecular complexity index is 435. The first kappa shape index (κ1) is 15.4. The van der Waals surface area contributed by atoms with Gasteiger partial charge in [-0.25, -0.2) is 0 Å². The molecule has 18 heavy (non-hydrogen) atoms. The quantitative estimate of drug-likeness (QED) is 0.908. The Labute approximate surface area is 114 Å². The van der Waals surface area contributed by atoms with E-state index in [4.69, 9.17) is 0 Å². The van der Waals surface area contributed by atoms with E-state index in [0.717, 1.165) is 10.5 Å². The Hall–Kier alpha value is -0.670. The van der Waals surface area contributed by atoms with Crippen molar-refractivity contribution in [3.05, 3.63) is 29.3 Å². The minimum absolute atomic E-state index is 0.113. The molecule has 0 aromatic heterocycles. The summed E-state index contributed by atoms with van der Waals surface area (Å²) in [6.07, 6.45) is 0. The average molecular weight is 267 g/mol. The van der Waals surface area contributed by atoms with Gasteiger partial charge in [0.2, 0.25) is 0 Å². The second-order valence-corrected chi connectivity index (χ2v) is 7.45. The van der Waals surface area contributed by atoms with Gasteiger partial charge in [-0.05, 0) is 43.5 Å². The van der Waals surface area contributed by atoms with Crippen molar-refractivity contribution in [3.63, 3.8) is 0 Å². The minimum atomic E-state index is -0.944. The van der Waals surface area contributed by atoms with Gasteiger partial charge in [-0.2, -0.15) is 0 Å². The van der Waals surface area contributed by atoms with Crippen molar-refractivity contribution in [3.8, 4) is 0 Å². The van der Waals surface area contributed by atoms with Gasteiger partial charge in [0.05, 0.1) is 10.8 Å². The fourth-order valence-corrected chi connectivity index (χ4v) is 3.85. The van der Waals surface area contributed by atoms with Gasteiger partial charge in [0, 0.05) is 16.7 Å². The first-order valence-corrected chi connectivity index (χ1v) is 7.70. The van der Waals surface area contributed by atoms with Gasteiger partial charge in [0.1, 0.15) is 0 Å². The summed E-state index contributed by atoms with van der Waals surface area (Å²) in [6.45, 7) is 10.6. The first-order chi connectivity index (χ1) is 8.25. The molecule has 0 spiro atoms. The Morgan fingerprint density at radius 3 is 2.39 bits per heavy atom. The van der Waals surface area contributed by atoms with Crippen LogP contribution in [0.15, 0.2) is 23.1 Å². The summed E-state index contributed by atoms with van der Waals surface area (Å²) >= 11 is 0. The predicted octanol–water partition coefficient (Wildman–Crippen LogP) is 3.05. The Kier molecular flexibility index (Phi) is 5.11. The van der Waals surface area contributed by atoms with Crippen molar-refractivity contribution in [1.82, 2.24) is 5.32 Å². The van der Waals surface area contributed by atoms with E-state index in [-0.39, 0.29) is 11.5 Å². The summed E-state index contributed by atoms with van der Waals surface area (Å²) in [5.74, 6) is 0.657. The van der Waals surface area contributed by atoms with Crippen LogP contribution in [0.2, 0.25) is 0 Å². The summed E-state index contributed by atoms with van der Waals surface area (Å²) in [5.41, 5.74) is 2.39. The lowest BCUT2D eigenvalue weighted by Gasteiger charge is -2.30. The molecule has 0 heterocycles. The van der Waals surface area contributed by atoms with Crippen molar-refractivity contribution in [2.24, 2.45) is 5.41 Å². The highest BCUT2D eigenvalue weighted by Gasteiger charge is 2.25. The zero-order valence-corrected chi connectivity index (χ0v) is 13.1. The van der Waals surface area contributed by atoms with Crippen LogP contribution in [0.1, 0.15) is 31.9 Å². The number of aryl methyl sites for hydroxylation is 2. The van der Waals surface area contributed by atoms with E-state index in [1.54, 1.807) is 0 Å². The molecule has 0 aliphatic heterocycles. The van der Waals surface area contributed by atoms with E-state index in [9.17, 15) is 4.21 Å². The van der Waals surface area contributed by atoms with E-state index in [2.05, 4.69) is 32.2 Å². The van der Waals surface area contributed by atoms with E-state index in [1.807, 2.05) is 33.0 Å². The van der Waals surface area contributed by atoms with E-state index >= 15 is 0 Å². The van der Waals surface area contributed by atoms with Gasteiger partial charge in [-0.1, -0.05) is 32.9 Å². The number of benzene rings is 1. The maximum absolute atomic E-state index is 12.5. The standard InChI is InChI=1S/C15H25NOS/c1-11-7-8-12(2)13(9-11)18(17)10-14(16-6)15(3,4)5/h7-9,14,16H,10H2,1-6H3. The zero-order chi connectivity index (χ0) is 13.9. The summed E-state index contributed by atoms with van der Waals surface area (Å²) in [4.78, 5) is 0.972. The average Bonchev–Trinajstić information content (AvgIpc) is 2.27. The highest BCUT2D eigenvalue weighted by atomic mass is 32.2. The van der Waals surface area contributed by atoms with Crippen LogP contribution < -0.4 is 5.32 Å². The summed E-state index contributed by atoms with van der Waals surface area (Å²) in [6, 6.07) is 6.41. The van der Waals surface area contributed by atoms with Crippen LogP contribution in [-0.4, -0.2) is 23.1 Å². The van der Waals surface area contributed by atoms with Crippen LogP contribution in [0.5, 0.6) is 0 Å². The number of hydrogen-bond acceptors (Lipinski definition) is 2. The van der Waals surface area contributed by atoms with Gasteiger partial charge in [-0.15, -0.1) is 0 Å². The molecule has 0 aliphatic rings. The monoisotopic (exact) mass is 267 g/mol. The maximum atomic E-state index is 12.5. The highest BCUT2D eigenvalue weighted by Crippen LogP contribution is 2.23. The molecule has 102 valence electrons. The fourth-order valence-electron chi connectivity index (χ4n) is 1.96. The molecule has 0 radical (unpaired) electrons. The molecule has 0 amide bonds. The molecule has 2 atom stereocenters. The van der Waals surface area contributed by atoms with Crippen LogP contribution in [-0.2, 0) is 10.8 Å². The lowest BCUT2D eigenvalue weighted by atomic mass is 9.88. The van der Waals surface area contributed by atoms with Gasteiger partial charge in [0.15, 0.2) is 0 Å². The molecule has 0 saturated heterocycles. The smallest absolute Gasteiger partial charge is 0.0548 e. The molecular weight excluding hydrogens is 242 g/mol. The molecule has 3 heteroatoms. The van der Waals surface area contributed by atoms with Crippen LogP contribution in [0.3, 0.4) is 0 Å². The van der Waals surface area contributed by atoms with Crippen molar-refractivity contribution in [2.75, 3.05) is 12.8 Å². The molecule has 1 aromatic carbocycles. The third-order valence-electron chi connectivity index (χ3n) is 3.30. The minimum Gasteiger partial charge on any atom is -0.316 e. The number of nitrogens with one attached hydrogen (secondary N) is 1. The van der Waals surface area contributed by atoms with Crippen LogP contribution in [0.25, 0.3) is 0 Å². The lowest BCUT2D eigenvalue weighted by Crippen LogP contribution is -2.42. The van der Waals surface area contributed by atoms with Gasteiger partial charge < -0.3 is 5.32 Å². The molecule has 1 aromatic rings. The van der Waals surface area contributed by atoms with Crippen molar-refractivity contribution >= 4 is 10.8 Å². The Morgan fingerprint density at radius 1 is 1.28 bits per heavy atom. The molecule has 2 unspecified atom stereocenters. The van der Waals surface area contributed by atoms with Crippen LogP contribution in [0, 0.1) is 19.3 Å². The summed E-state index contributed by atoms with van der Waals surface area (Å²) in [7, 11) is 0.997. The van der Waals surface area contributed by atoms with Crippen molar-refractivity contribution in [1.29, 1.82) is 0 Å². The first-order valence-electron chi connectivity index (χ1n) is 6.38. The third-order valence-corrected chi connectivity index (χ3v) is 4.87. The molecule has 0 saturated carbocycles. The van der Waals surface area contributed by atoms with E-state index in [1.165, 1.54) is 5.56 Å². The topological polar surface area (TPSA) is 29.1 Å². The third kappa shape index (κ3) is 3.92. The normalized spacial score (nSPS) is 15.4. The van der Waals surface area contributed by atoms with Crippen molar-refractivity contribution < 1.29 is 4.21 Å². The van der Waals surface area contributed by atoms with Gasteiger partial charge in [-0.3, -0.25) is 4.21 Å². The fraction of sp³-hybridized carbons (Fsp3) is 0.600. The molecule has 1 N–H and O–H groups in total. The van der Waals surface area contributed by atoms with Crippen LogP contribution in [0.4, 0.5) is 0 Å². The Balaban J connectivity index is 2.91. The summed E-state index contributed by atoms with van der Waals surface area (Å²) in [5, 5.41) is 3.28. The van der Waals surface area contributed by atoms with E-state index < -0.39 is 10.8 Å². The molecule has 0 fully saturated rings. The van der Waals surface area contributed by atoms with Crippen LogP contribution >= 0.6 is 0 Å². The second-order valence-electron chi connectivity index (χ2n) is 5.99. The van der Waals surface area contributed by atoms with Crippen molar-refractivity contribution in [2.45, 2.75) is 45.6 Å². The SMILES string of the molecule is CNC(CS(=O)c1cc(C)ccc1C)C(C)(C)C. The van der Waals surface area contributed by atoms with E-state index in [0.29, 0.717) is 5.75 Å². The molecule has 1 rings (SSSR count). The number of rotatable bonds is 4. The largest absolute Gasteiger partial charge is 0.316 e. The second kappa shape index (κ2) is 5.98. The molecule has 0 aliphatic carbocycles. The zero-order valence-electron chi connectivity index (χ0n) is 12.3. The summed E-state index contributed by atoms with van der Waals surface area (Å²) < 4.78 is 12.5. The molecule has 0 bridgehead atoms. The highest BCUT2D eigenvalue weighted by molar-refractivity contribution is 7.85. The maximum Gasteiger partial charge on any atom is 0.0548 e. The predicted molar refractivity (Wildman–Crippen MR) is 79.5 cm³/mol. The molecule has 2 nitrogen and oxygen atoms in total. The molecular formula is C15H25NOS. The lowest BCUT2D eigenvalue weighted by molar-refractivity contribution is 0.304. The number of hydrogen-bond donors (Lipinski definition) is 1. The van der Waals surface area contributed by atoms with Gasteiger partial charge >= 0.3 is 0 Å².